The summed E-state index contributed by atoms with van der Waals surface area (Å²) < 4.78 is 11.3. The minimum absolute atomic E-state index is 0.166. The highest BCUT2D eigenvalue weighted by molar-refractivity contribution is 5.84. The third-order valence-corrected chi connectivity index (χ3v) is 2.94. The minimum atomic E-state index is -0.303. The van der Waals surface area contributed by atoms with Gasteiger partial charge >= 0.3 is 0 Å². The topological polar surface area (TPSA) is 35.5 Å². The molecule has 1 fully saturated rings. The molecule has 0 N–H and O–H groups in total. The first-order chi connectivity index (χ1) is 7.29. The van der Waals surface area contributed by atoms with Crippen LogP contribution >= 0.6 is 0 Å². The molecule has 94 valence electrons. The Kier molecular flexibility index (Phi) is 4.51. The van der Waals surface area contributed by atoms with E-state index in [1.807, 2.05) is 20.8 Å². The van der Waals surface area contributed by atoms with Crippen molar-refractivity contribution in [3.63, 3.8) is 0 Å². The smallest absolute Gasteiger partial charge is 0.163 e. The molecule has 0 saturated carbocycles. The maximum atomic E-state index is 11.7. The van der Waals surface area contributed by atoms with Crippen LogP contribution in [0.15, 0.2) is 0 Å². The molecule has 3 nitrogen and oxygen atoms in total. The highest BCUT2D eigenvalue weighted by atomic mass is 16.5. The second-order valence-corrected chi connectivity index (χ2v) is 5.83. The fourth-order valence-electron chi connectivity index (χ4n) is 1.89. The number of carbonyl (C=O) groups excluding carboxylic acids is 1. The molecule has 0 aromatic heterocycles. The van der Waals surface area contributed by atoms with E-state index in [0.717, 1.165) is 12.8 Å². The van der Waals surface area contributed by atoms with Gasteiger partial charge in [0.2, 0.25) is 0 Å². The summed E-state index contributed by atoms with van der Waals surface area (Å²) in [7, 11) is 0. The summed E-state index contributed by atoms with van der Waals surface area (Å²) in [4.78, 5) is 11.7. The van der Waals surface area contributed by atoms with Crippen molar-refractivity contribution in [1.29, 1.82) is 0 Å². The van der Waals surface area contributed by atoms with Gasteiger partial charge in [-0.1, -0.05) is 20.8 Å². The number of hydrogen-bond donors (Lipinski definition) is 0. The molecule has 0 aliphatic carbocycles. The van der Waals surface area contributed by atoms with Gasteiger partial charge in [-0.15, -0.1) is 0 Å². The Morgan fingerprint density at radius 3 is 2.19 bits per heavy atom. The number of rotatable bonds is 3. The first-order valence-electron chi connectivity index (χ1n) is 6.09. The summed E-state index contributed by atoms with van der Waals surface area (Å²) >= 11 is 0. The molecule has 1 aliphatic rings. The zero-order valence-corrected chi connectivity index (χ0v) is 11.1. The molecule has 3 heteroatoms. The molecular weight excluding hydrogens is 204 g/mol. The highest BCUT2D eigenvalue weighted by Crippen LogP contribution is 2.22. The second kappa shape index (κ2) is 5.28. The van der Waals surface area contributed by atoms with Gasteiger partial charge in [0.15, 0.2) is 5.78 Å². The lowest BCUT2D eigenvalue weighted by Gasteiger charge is -2.32. The van der Waals surface area contributed by atoms with Crippen molar-refractivity contribution >= 4 is 5.78 Å². The van der Waals surface area contributed by atoms with Crippen LogP contribution in [0.1, 0.15) is 47.5 Å². The van der Waals surface area contributed by atoms with Crippen LogP contribution in [-0.2, 0) is 14.3 Å². The summed E-state index contributed by atoms with van der Waals surface area (Å²) in [6, 6.07) is 0. The number of ether oxygens (including phenoxy) is 2. The van der Waals surface area contributed by atoms with Gasteiger partial charge in [0, 0.05) is 5.41 Å². The lowest BCUT2D eigenvalue weighted by atomic mass is 9.91. The molecule has 1 rings (SSSR count). The Bertz CT molecular complexity index is 232. The SMILES string of the molecule is CC1CC(OCC(=O)C(C)(C)C)CC(C)O1. The number of hydrogen-bond acceptors (Lipinski definition) is 3. The third kappa shape index (κ3) is 4.22. The highest BCUT2D eigenvalue weighted by Gasteiger charge is 2.27. The Labute approximate surface area is 98.5 Å². The second-order valence-electron chi connectivity index (χ2n) is 5.83. The van der Waals surface area contributed by atoms with E-state index in [0.29, 0.717) is 0 Å². The molecule has 0 amide bonds. The van der Waals surface area contributed by atoms with Crippen LogP contribution < -0.4 is 0 Å². The maximum Gasteiger partial charge on any atom is 0.163 e. The quantitative estimate of drug-likeness (QED) is 0.744. The van der Waals surface area contributed by atoms with Crippen LogP contribution in [0.3, 0.4) is 0 Å². The molecule has 2 atom stereocenters. The van der Waals surface area contributed by atoms with Gasteiger partial charge in [0.1, 0.15) is 6.61 Å². The molecule has 16 heavy (non-hydrogen) atoms. The largest absolute Gasteiger partial charge is 0.375 e. The van der Waals surface area contributed by atoms with Crippen LogP contribution in [0.25, 0.3) is 0 Å². The van der Waals surface area contributed by atoms with Gasteiger partial charge < -0.3 is 9.47 Å². The van der Waals surface area contributed by atoms with Crippen molar-refractivity contribution < 1.29 is 14.3 Å². The van der Waals surface area contributed by atoms with Gasteiger partial charge in [0.05, 0.1) is 18.3 Å². The lowest BCUT2D eigenvalue weighted by Crippen LogP contribution is -2.36. The van der Waals surface area contributed by atoms with Crippen molar-refractivity contribution in [1.82, 2.24) is 0 Å². The van der Waals surface area contributed by atoms with E-state index in [4.69, 9.17) is 9.47 Å². The van der Waals surface area contributed by atoms with Crippen molar-refractivity contribution in [3.05, 3.63) is 0 Å². The van der Waals surface area contributed by atoms with Crippen molar-refractivity contribution in [2.24, 2.45) is 5.41 Å². The summed E-state index contributed by atoms with van der Waals surface area (Å²) in [6.45, 7) is 10.1. The molecule has 0 aromatic rings. The predicted molar refractivity (Wildman–Crippen MR) is 63.4 cm³/mol. The van der Waals surface area contributed by atoms with Crippen molar-refractivity contribution in [3.8, 4) is 0 Å². The summed E-state index contributed by atoms with van der Waals surface area (Å²) in [6.07, 6.45) is 2.42. The van der Waals surface area contributed by atoms with Gasteiger partial charge in [-0.3, -0.25) is 4.79 Å². The van der Waals surface area contributed by atoms with E-state index < -0.39 is 0 Å². The van der Waals surface area contributed by atoms with Crippen molar-refractivity contribution in [2.75, 3.05) is 6.61 Å². The average molecular weight is 228 g/mol. The zero-order chi connectivity index (χ0) is 12.3. The van der Waals surface area contributed by atoms with E-state index in [-0.39, 0.29) is 36.1 Å². The average Bonchev–Trinajstić information content (AvgIpc) is 2.11. The molecule has 1 heterocycles. The normalized spacial score (nSPS) is 31.4. The molecule has 1 saturated heterocycles. The maximum absolute atomic E-state index is 11.7. The van der Waals surface area contributed by atoms with Crippen LogP contribution in [0, 0.1) is 5.41 Å². The Morgan fingerprint density at radius 2 is 1.75 bits per heavy atom. The number of ketones is 1. The fraction of sp³-hybridized carbons (Fsp3) is 0.923. The van der Waals surface area contributed by atoms with E-state index in [1.54, 1.807) is 0 Å². The number of carbonyl (C=O) groups is 1. The zero-order valence-electron chi connectivity index (χ0n) is 11.1. The Balaban J connectivity index is 2.35. The Hall–Kier alpha value is -0.410. The van der Waals surface area contributed by atoms with E-state index in [9.17, 15) is 4.79 Å². The van der Waals surface area contributed by atoms with Gasteiger partial charge in [-0.25, -0.2) is 0 Å². The first kappa shape index (κ1) is 13.7. The van der Waals surface area contributed by atoms with Crippen LogP contribution in [0.5, 0.6) is 0 Å². The van der Waals surface area contributed by atoms with Crippen LogP contribution in [0.4, 0.5) is 0 Å². The van der Waals surface area contributed by atoms with Crippen LogP contribution in [0.2, 0.25) is 0 Å². The summed E-state index contributed by atoms with van der Waals surface area (Å²) in [5.74, 6) is 0.166. The first-order valence-corrected chi connectivity index (χ1v) is 6.09. The van der Waals surface area contributed by atoms with Gasteiger partial charge in [-0.2, -0.15) is 0 Å². The molecule has 0 bridgehead atoms. The lowest BCUT2D eigenvalue weighted by molar-refractivity contribution is -0.140. The minimum Gasteiger partial charge on any atom is -0.375 e. The fourth-order valence-corrected chi connectivity index (χ4v) is 1.89. The van der Waals surface area contributed by atoms with Crippen molar-refractivity contribution in [2.45, 2.75) is 65.8 Å². The number of Topliss-reactive ketones (excluding diaryl/α,β-unsaturated/α-hetero) is 1. The van der Waals surface area contributed by atoms with Gasteiger partial charge in [-0.05, 0) is 26.7 Å². The van der Waals surface area contributed by atoms with E-state index >= 15 is 0 Å². The monoisotopic (exact) mass is 228 g/mol. The van der Waals surface area contributed by atoms with Crippen LogP contribution in [-0.4, -0.2) is 30.7 Å². The van der Waals surface area contributed by atoms with E-state index in [2.05, 4.69) is 13.8 Å². The molecule has 0 radical (unpaired) electrons. The molecule has 1 aliphatic heterocycles. The molecule has 0 spiro atoms. The predicted octanol–water partition coefficient (Wildman–Crippen LogP) is 2.57. The molecular formula is C13H24O3. The molecule has 0 aromatic carbocycles. The summed E-state index contributed by atoms with van der Waals surface area (Å²) in [5, 5.41) is 0. The molecule has 2 unspecified atom stereocenters. The van der Waals surface area contributed by atoms with Gasteiger partial charge in [0.25, 0.3) is 0 Å². The Morgan fingerprint density at radius 1 is 1.25 bits per heavy atom. The summed E-state index contributed by atoms with van der Waals surface area (Å²) in [5.41, 5.74) is -0.303. The third-order valence-electron chi connectivity index (χ3n) is 2.94. The standard InChI is InChI=1S/C13H24O3/c1-9-6-11(7-10(2)16-9)15-8-12(14)13(3,4)5/h9-11H,6-8H2,1-5H3. The van der Waals surface area contributed by atoms with E-state index in [1.165, 1.54) is 0 Å².